The molecule has 1 N–H and O–H groups in total. The summed E-state index contributed by atoms with van der Waals surface area (Å²) >= 11 is 6.08. The van der Waals surface area contributed by atoms with Crippen molar-refractivity contribution < 1.29 is 9.53 Å². The highest BCUT2D eigenvalue weighted by Crippen LogP contribution is 2.25. The van der Waals surface area contributed by atoms with Gasteiger partial charge in [0.05, 0.1) is 28.7 Å². The third kappa shape index (κ3) is 4.05. The number of benzene rings is 1. The molecule has 1 saturated heterocycles. The summed E-state index contributed by atoms with van der Waals surface area (Å²) < 4.78 is 7.51. The Kier molecular flexibility index (Phi) is 5.16. The lowest BCUT2D eigenvalue weighted by atomic mass is 9.94. The van der Waals surface area contributed by atoms with Crippen molar-refractivity contribution in [3.05, 3.63) is 46.7 Å². The number of carbonyl (C=O) groups is 1. The smallest absolute Gasteiger partial charge is 0.254 e. The van der Waals surface area contributed by atoms with E-state index >= 15 is 0 Å². The Morgan fingerprint density at radius 3 is 2.96 bits per heavy atom. The molecule has 1 aliphatic heterocycles. The number of nitrogens with one attached hydrogen (secondary N) is 1. The molecule has 1 aromatic carbocycles. The van der Waals surface area contributed by atoms with Crippen LogP contribution in [0.1, 0.15) is 49.7 Å². The van der Waals surface area contributed by atoms with E-state index in [4.69, 9.17) is 16.3 Å². The topological polar surface area (TPSA) is 56.1 Å². The summed E-state index contributed by atoms with van der Waals surface area (Å²) in [6.45, 7) is 6.80. The zero-order valence-corrected chi connectivity index (χ0v) is 15.6. The first-order valence-corrected chi connectivity index (χ1v) is 9.05. The lowest BCUT2D eigenvalue weighted by Crippen LogP contribution is -2.45. The summed E-state index contributed by atoms with van der Waals surface area (Å²) in [6, 6.07) is 7.59. The fourth-order valence-corrected chi connectivity index (χ4v) is 3.54. The molecule has 0 radical (unpaired) electrons. The Balaban J connectivity index is 1.82. The van der Waals surface area contributed by atoms with Gasteiger partial charge in [-0.15, -0.1) is 0 Å². The summed E-state index contributed by atoms with van der Waals surface area (Å²) in [5.74, 6) is -0.0761. The van der Waals surface area contributed by atoms with E-state index in [0.29, 0.717) is 23.6 Å². The largest absolute Gasteiger partial charge is 0.375 e. The quantitative estimate of drug-likeness (QED) is 0.901. The maximum absolute atomic E-state index is 12.8. The average molecular weight is 362 g/mol. The van der Waals surface area contributed by atoms with Crippen molar-refractivity contribution in [2.24, 2.45) is 0 Å². The number of hydrogen-bond donors (Lipinski definition) is 1. The van der Waals surface area contributed by atoms with Crippen LogP contribution in [0.5, 0.6) is 0 Å². The van der Waals surface area contributed by atoms with Gasteiger partial charge in [-0.25, -0.2) is 4.68 Å². The number of aromatic nitrogens is 2. The van der Waals surface area contributed by atoms with Crippen molar-refractivity contribution in [3.63, 3.8) is 0 Å². The van der Waals surface area contributed by atoms with Crippen LogP contribution in [0.3, 0.4) is 0 Å². The second-order valence-corrected chi connectivity index (χ2v) is 7.46. The molecule has 0 saturated carbocycles. The molecular weight excluding hydrogens is 338 g/mol. The lowest BCUT2D eigenvalue weighted by molar-refractivity contribution is -0.0615. The molecule has 1 unspecified atom stereocenters. The summed E-state index contributed by atoms with van der Waals surface area (Å²) in [5.41, 5.74) is 2.16. The molecule has 0 bridgehead atoms. The third-order valence-electron chi connectivity index (χ3n) is 4.53. The third-order valence-corrected chi connectivity index (χ3v) is 4.77. The van der Waals surface area contributed by atoms with Crippen LogP contribution in [-0.2, 0) is 11.2 Å². The van der Waals surface area contributed by atoms with Crippen LogP contribution < -0.4 is 5.32 Å². The molecule has 1 atom stereocenters. The van der Waals surface area contributed by atoms with Gasteiger partial charge in [-0.05, 0) is 51.3 Å². The minimum Gasteiger partial charge on any atom is -0.375 e. The van der Waals surface area contributed by atoms with Crippen LogP contribution in [-0.4, -0.2) is 33.9 Å². The molecule has 0 aliphatic carbocycles. The SMILES string of the molecule is CCc1c(C(=O)NC2CCOC(C)(C)C2)cnn1-c1cccc(Cl)c1. The van der Waals surface area contributed by atoms with E-state index in [0.717, 1.165) is 24.2 Å². The summed E-state index contributed by atoms with van der Waals surface area (Å²) in [5, 5.41) is 8.20. The monoisotopic (exact) mass is 361 g/mol. The first kappa shape index (κ1) is 18.0. The summed E-state index contributed by atoms with van der Waals surface area (Å²) in [4.78, 5) is 12.8. The van der Waals surface area contributed by atoms with Gasteiger partial charge >= 0.3 is 0 Å². The van der Waals surface area contributed by atoms with Crippen molar-refractivity contribution in [1.29, 1.82) is 0 Å². The van der Waals surface area contributed by atoms with Gasteiger partial charge in [0, 0.05) is 17.7 Å². The van der Waals surface area contributed by atoms with E-state index in [9.17, 15) is 4.79 Å². The number of ether oxygens (including phenoxy) is 1. The van der Waals surface area contributed by atoms with Gasteiger partial charge in [0.15, 0.2) is 0 Å². The van der Waals surface area contributed by atoms with Crippen molar-refractivity contribution in [2.75, 3.05) is 6.61 Å². The lowest BCUT2D eigenvalue weighted by Gasteiger charge is -2.35. The normalized spacial score (nSPS) is 19.6. The number of rotatable bonds is 4. The van der Waals surface area contributed by atoms with Crippen LogP contribution in [0, 0.1) is 0 Å². The van der Waals surface area contributed by atoms with Gasteiger partial charge in [-0.1, -0.05) is 24.6 Å². The molecular formula is C19H24ClN3O2. The Morgan fingerprint density at radius 1 is 1.48 bits per heavy atom. The van der Waals surface area contributed by atoms with Crippen molar-refractivity contribution in [1.82, 2.24) is 15.1 Å². The number of amides is 1. The van der Waals surface area contributed by atoms with E-state index in [1.54, 1.807) is 10.9 Å². The van der Waals surface area contributed by atoms with Gasteiger partial charge in [0.25, 0.3) is 5.91 Å². The van der Waals surface area contributed by atoms with Gasteiger partial charge in [-0.2, -0.15) is 5.10 Å². The molecule has 2 aromatic rings. The minimum absolute atomic E-state index is 0.0761. The highest BCUT2D eigenvalue weighted by Gasteiger charge is 2.30. The maximum Gasteiger partial charge on any atom is 0.254 e. The highest BCUT2D eigenvalue weighted by molar-refractivity contribution is 6.30. The Labute approximate surface area is 153 Å². The van der Waals surface area contributed by atoms with E-state index in [1.807, 2.05) is 31.2 Å². The Hall–Kier alpha value is -1.85. The zero-order chi connectivity index (χ0) is 18.0. The fraction of sp³-hybridized carbons (Fsp3) is 0.474. The first-order chi connectivity index (χ1) is 11.9. The minimum atomic E-state index is -0.200. The molecule has 0 spiro atoms. The molecule has 5 nitrogen and oxygen atoms in total. The van der Waals surface area contributed by atoms with E-state index < -0.39 is 0 Å². The molecule has 1 amide bonds. The standard InChI is InChI=1S/C19H24ClN3O2/c1-4-17-16(12-21-23(17)15-7-5-6-13(20)10-15)18(24)22-14-8-9-25-19(2,3)11-14/h5-7,10,12,14H,4,8-9,11H2,1-3H3,(H,22,24). The molecule has 1 aromatic heterocycles. The van der Waals surface area contributed by atoms with Crippen LogP contribution in [0.4, 0.5) is 0 Å². The second-order valence-electron chi connectivity index (χ2n) is 7.02. The van der Waals surface area contributed by atoms with Crippen LogP contribution in [0.15, 0.2) is 30.5 Å². The summed E-state index contributed by atoms with van der Waals surface area (Å²) in [6.07, 6.45) is 3.98. The van der Waals surface area contributed by atoms with Crippen LogP contribution in [0.2, 0.25) is 5.02 Å². The predicted molar refractivity (Wildman–Crippen MR) is 98.5 cm³/mol. The molecule has 1 aliphatic rings. The zero-order valence-electron chi connectivity index (χ0n) is 14.9. The van der Waals surface area contributed by atoms with E-state index in [-0.39, 0.29) is 17.6 Å². The predicted octanol–water partition coefficient (Wildman–Crippen LogP) is 3.78. The molecule has 6 heteroatoms. The summed E-state index contributed by atoms with van der Waals surface area (Å²) in [7, 11) is 0. The maximum atomic E-state index is 12.8. The van der Waals surface area contributed by atoms with Gasteiger partial charge in [-0.3, -0.25) is 4.79 Å². The van der Waals surface area contributed by atoms with Gasteiger partial charge in [0.1, 0.15) is 0 Å². The molecule has 134 valence electrons. The average Bonchev–Trinajstić information content (AvgIpc) is 2.98. The van der Waals surface area contributed by atoms with E-state index in [2.05, 4.69) is 24.3 Å². The fourth-order valence-electron chi connectivity index (χ4n) is 3.35. The van der Waals surface area contributed by atoms with Gasteiger partial charge < -0.3 is 10.1 Å². The first-order valence-electron chi connectivity index (χ1n) is 8.67. The van der Waals surface area contributed by atoms with E-state index in [1.165, 1.54) is 0 Å². The van der Waals surface area contributed by atoms with Crippen molar-refractivity contribution in [2.45, 2.75) is 51.7 Å². The molecule has 2 heterocycles. The number of nitrogens with zero attached hydrogens (tertiary/aromatic N) is 2. The molecule has 1 fully saturated rings. The van der Waals surface area contributed by atoms with Crippen LogP contribution in [0.25, 0.3) is 5.69 Å². The molecule has 3 rings (SSSR count). The Morgan fingerprint density at radius 2 is 2.28 bits per heavy atom. The highest BCUT2D eigenvalue weighted by atomic mass is 35.5. The number of halogens is 1. The van der Waals surface area contributed by atoms with Crippen molar-refractivity contribution in [3.8, 4) is 5.69 Å². The number of hydrogen-bond acceptors (Lipinski definition) is 3. The second kappa shape index (κ2) is 7.18. The van der Waals surface area contributed by atoms with Crippen molar-refractivity contribution >= 4 is 17.5 Å². The van der Waals surface area contributed by atoms with Gasteiger partial charge in [0.2, 0.25) is 0 Å². The van der Waals surface area contributed by atoms with Crippen LogP contribution >= 0.6 is 11.6 Å². The Bertz CT molecular complexity index is 770. The number of carbonyl (C=O) groups excluding carboxylic acids is 1. The molecule has 25 heavy (non-hydrogen) atoms.